The molecule has 1 atom stereocenters. The number of piperidine rings is 1. The van der Waals surface area contributed by atoms with Crippen LogP contribution in [0.2, 0.25) is 0 Å². The van der Waals surface area contributed by atoms with E-state index in [-0.39, 0.29) is 12.1 Å². The Labute approximate surface area is 120 Å². The molecule has 2 saturated heterocycles. The summed E-state index contributed by atoms with van der Waals surface area (Å²) < 4.78 is 5.30. The van der Waals surface area contributed by atoms with Crippen molar-refractivity contribution in [1.82, 2.24) is 10.2 Å². The molecule has 0 spiro atoms. The molecule has 0 radical (unpaired) electrons. The first-order chi connectivity index (χ1) is 9.74. The first kappa shape index (κ1) is 13.4. The fraction of sp³-hybridized carbons (Fsp3) is 0.562. The summed E-state index contributed by atoms with van der Waals surface area (Å²) in [6, 6.07) is 8.59. The minimum absolute atomic E-state index is 0.157. The Kier molecular flexibility index (Phi) is 3.92. The standard InChI is InChI=1S/C16H22N2O2/c1-12-3-2-4-13(9-12)10-18-15(11-20-16(18)19)14-5-7-17-8-6-14/h2-4,9,14-15,17H,5-8,10-11H2,1H3. The Morgan fingerprint density at radius 1 is 1.35 bits per heavy atom. The largest absolute Gasteiger partial charge is 0.447 e. The third-order valence-corrected chi connectivity index (χ3v) is 4.38. The topological polar surface area (TPSA) is 41.6 Å². The highest BCUT2D eigenvalue weighted by Crippen LogP contribution is 2.27. The molecule has 1 unspecified atom stereocenters. The number of ether oxygens (including phenoxy) is 1. The highest BCUT2D eigenvalue weighted by Gasteiger charge is 2.38. The summed E-state index contributed by atoms with van der Waals surface area (Å²) in [7, 11) is 0. The van der Waals surface area contributed by atoms with E-state index in [9.17, 15) is 4.79 Å². The van der Waals surface area contributed by atoms with Gasteiger partial charge in [-0.2, -0.15) is 0 Å². The quantitative estimate of drug-likeness (QED) is 0.919. The van der Waals surface area contributed by atoms with Crippen molar-refractivity contribution >= 4 is 6.09 Å². The number of rotatable bonds is 3. The fourth-order valence-corrected chi connectivity index (χ4v) is 3.27. The highest BCUT2D eigenvalue weighted by molar-refractivity contribution is 5.70. The van der Waals surface area contributed by atoms with E-state index >= 15 is 0 Å². The van der Waals surface area contributed by atoms with Crippen LogP contribution in [0.4, 0.5) is 4.79 Å². The van der Waals surface area contributed by atoms with E-state index in [1.54, 1.807) is 0 Å². The fourth-order valence-electron chi connectivity index (χ4n) is 3.27. The van der Waals surface area contributed by atoms with Crippen LogP contribution in [-0.2, 0) is 11.3 Å². The second-order valence-corrected chi connectivity index (χ2v) is 5.85. The van der Waals surface area contributed by atoms with Gasteiger partial charge in [0.1, 0.15) is 6.61 Å². The second-order valence-electron chi connectivity index (χ2n) is 5.85. The Morgan fingerprint density at radius 3 is 2.90 bits per heavy atom. The third-order valence-electron chi connectivity index (χ3n) is 4.38. The SMILES string of the molecule is Cc1cccc(CN2C(=O)OCC2C2CCNCC2)c1. The first-order valence-electron chi connectivity index (χ1n) is 7.44. The van der Waals surface area contributed by atoms with Crippen LogP contribution in [0.25, 0.3) is 0 Å². The molecule has 2 aliphatic rings. The summed E-state index contributed by atoms with van der Waals surface area (Å²) in [4.78, 5) is 13.9. The van der Waals surface area contributed by atoms with Crippen LogP contribution >= 0.6 is 0 Å². The molecule has 0 saturated carbocycles. The van der Waals surface area contributed by atoms with Gasteiger partial charge in [-0.25, -0.2) is 4.79 Å². The molecule has 4 heteroatoms. The van der Waals surface area contributed by atoms with E-state index in [4.69, 9.17) is 4.74 Å². The lowest BCUT2D eigenvalue weighted by atomic mass is 9.90. The summed E-state index contributed by atoms with van der Waals surface area (Å²) in [5.41, 5.74) is 2.41. The van der Waals surface area contributed by atoms with Gasteiger partial charge in [0.25, 0.3) is 0 Å². The highest BCUT2D eigenvalue weighted by atomic mass is 16.6. The van der Waals surface area contributed by atoms with Crippen molar-refractivity contribution in [2.75, 3.05) is 19.7 Å². The molecule has 1 aromatic rings. The van der Waals surface area contributed by atoms with Gasteiger partial charge in [-0.15, -0.1) is 0 Å². The predicted molar refractivity (Wildman–Crippen MR) is 77.5 cm³/mol. The number of carbonyl (C=O) groups excluding carboxylic acids is 1. The molecule has 1 aromatic carbocycles. The smallest absolute Gasteiger partial charge is 0.410 e. The zero-order valence-corrected chi connectivity index (χ0v) is 12.0. The third kappa shape index (κ3) is 2.80. The molecule has 20 heavy (non-hydrogen) atoms. The van der Waals surface area contributed by atoms with Crippen LogP contribution in [0.3, 0.4) is 0 Å². The molecule has 4 nitrogen and oxygen atoms in total. The molecular formula is C16H22N2O2. The Bertz CT molecular complexity index is 483. The van der Waals surface area contributed by atoms with Crippen LogP contribution in [0.15, 0.2) is 24.3 Å². The summed E-state index contributed by atoms with van der Waals surface area (Å²) in [6.45, 7) is 5.39. The van der Waals surface area contributed by atoms with E-state index in [0.29, 0.717) is 19.1 Å². The molecule has 2 heterocycles. The second kappa shape index (κ2) is 5.83. The van der Waals surface area contributed by atoms with Gasteiger partial charge < -0.3 is 10.1 Å². The monoisotopic (exact) mass is 274 g/mol. The number of amides is 1. The number of cyclic esters (lactones) is 1. The van der Waals surface area contributed by atoms with Crippen molar-refractivity contribution in [2.45, 2.75) is 32.4 Å². The molecule has 0 aromatic heterocycles. The van der Waals surface area contributed by atoms with Gasteiger partial charge in [-0.05, 0) is 44.3 Å². The van der Waals surface area contributed by atoms with Gasteiger partial charge in [0, 0.05) is 6.54 Å². The van der Waals surface area contributed by atoms with Gasteiger partial charge in [0.05, 0.1) is 6.04 Å². The lowest BCUT2D eigenvalue weighted by Crippen LogP contribution is -2.43. The molecule has 108 valence electrons. The number of hydrogen-bond donors (Lipinski definition) is 1. The molecule has 0 aliphatic carbocycles. The maximum Gasteiger partial charge on any atom is 0.410 e. The van der Waals surface area contributed by atoms with Crippen LogP contribution in [0.1, 0.15) is 24.0 Å². The van der Waals surface area contributed by atoms with E-state index in [1.807, 2.05) is 11.0 Å². The van der Waals surface area contributed by atoms with Crippen molar-refractivity contribution < 1.29 is 9.53 Å². The maximum absolute atomic E-state index is 12.0. The number of aryl methyl sites for hydroxylation is 1. The molecule has 0 bridgehead atoms. The minimum atomic E-state index is -0.157. The van der Waals surface area contributed by atoms with Crippen LogP contribution in [-0.4, -0.2) is 36.7 Å². The minimum Gasteiger partial charge on any atom is -0.447 e. The summed E-state index contributed by atoms with van der Waals surface area (Å²) in [5, 5.41) is 3.38. The zero-order valence-electron chi connectivity index (χ0n) is 12.0. The van der Waals surface area contributed by atoms with Gasteiger partial charge >= 0.3 is 6.09 Å². The molecule has 2 fully saturated rings. The number of nitrogens with zero attached hydrogens (tertiary/aromatic N) is 1. The Hall–Kier alpha value is -1.55. The lowest BCUT2D eigenvalue weighted by Gasteiger charge is -2.32. The average Bonchev–Trinajstić information content (AvgIpc) is 2.81. The molecular weight excluding hydrogens is 252 g/mol. The lowest BCUT2D eigenvalue weighted by molar-refractivity contribution is 0.151. The number of benzene rings is 1. The van der Waals surface area contributed by atoms with E-state index in [2.05, 4.69) is 30.4 Å². The van der Waals surface area contributed by atoms with Crippen LogP contribution in [0, 0.1) is 12.8 Å². The van der Waals surface area contributed by atoms with Gasteiger partial charge in [0.2, 0.25) is 0 Å². The van der Waals surface area contributed by atoms with Crippen molar-refractivity contribution in [2.24, 2.45) is 5.92 Å². The summed E-state index contributed by atoms with van der Waals surface area (Å²) >= 11 is 0. The van der Waals surface area contributed by atoms with Crippen molar-refractivity contribution in [3.63, 3.8) is 0 Å². The van der Waals surface area contributed by atoms with E-state index in [1.165, 1.54) is 11.1 Å². The van der Waals surface area contributed by atoms with Crippen molar-refractivity contribution in [3.8, 4) is 0 Å². The van der Waals surface area contributed by atoms with E-state index < -0.39 is 0 Å². The van der Waals surface area contributed by atoms with Crippen LogP contribution in [0.5, 0.6) is 0 Å². The number of carbonyl (C=O) groups is 1. The molecule has 1 amide bonds. The first-order valence-corrected chi connectivity index (χ1v) is 7.44. The van der Waals surface area contributed by atoms with Crippen LogP contribution < -0.4 is 5.32 Å². The number of nitrogens with one attached hydrogen (secondary N) is 1. The Morgan fingerprint density at radius 2 is 2.15 bits per heavy atom. The van der Waals surface area contributed by atoms with Gasteiger partial charge in [0.15, 0.2) is 0 Å². The molecule has 3 rings (SSSR count). The predicted octanol–water partition coefficient (Wildman–Crippen LogP) is 2.32. The maximum atomic E-state index is 12.0. The average molecular weight is 274 g/mol. The van der Waals surface area contributed by atoms with Gasteiger partial charge in [-0.1, -0.05) is 29.8 Å². The molecule has 1 N–H and O–H groups in total. The zero-order chi connectivity index (χ0) is 13.9. The van der Waals surface area contributed by atoms with E-state index in [0.717, 1.165) is 25.9 Å². The summed E-state index contributed by atoms with van der Waals surface area (Å²) in [6.07, 6.45) is 2.10. The van der Waals surface area contributed by atoms with Crippen molar-refractivity contribution in [1.29, 1.82) is 0 Å². The van der Waals surface area contributed by atoms with Crippen molar-refractivity contribution in [3.05, 3.63) is 35.4 Å². The number of hydrogen-bond acceptors (Lipinski definition) is 3. The van der Waals surface area contributed by atoms with Gasteiger partial charge in [-0.3, -0.25) is 4.90 Å². The molecule has 2 aliphatic heterocycles. The Balaban J connectivity index is 1.73. The summed E-state index contributed by atoms with van der Waals surface area (Å²) in [5.74, 6) is 0.563. The normalized spacial score (nSPS) is 23.9.